The first-order valence-electron chi connectivity index (χ1n) is 2.85. The van der Waals surface area contributed by atoms with Gasteiger partial charge in [-0.3, -0.25) is 0 Å². The summed E-state index contributed by atoms with van der Waals surface area (Å²) in [5.74, 6) is 0. The van der Waals surface area contributed by atoms with Crippen LogP contribution in [0.4, 0.5) is 0 Å². The van der Waals surface area contributed by atoms with E-state index in [1.54, 1.807) is 0 Å². The van der Waals surface area contributed by atoms with Gasteiger partial charge in [-0.1, -0.05) is 24.3 Å². The van der Waals surface area contributed by atoms with E-state index in [4.69, 9.17) is 0 Å². The molecule has 0 aliphatic carbocycles. The van der Waals surface area contributed by atoms with Crippen molar-refractivity contribution in [1.82, 2.24) is 0 Å². The van der Waals surface area contributed by atoms with Crippen LogP contribution < -0.4 is 0 Å². The molecule has 0 unspecified atom stereocenters. The number of hydrogen-bond acceptors (Lipinski definition) is 1. The van der Waals surface area contributed by atoms with E-state index < -0.39 is 0 Å². The fraction of sp³-hybridized carbons (Fsp3) is 0.250. The second-order valence-electron chi connectivity index (χ2n) is 1.86. The maximum absolute atomic E-state index is 4.00. The molecule has 0 aliphatic rings. The highest BCUT2D eigenvalue weighted by atomic mass is 32.1. The Bertz CT molecular complexity index is 152. The predicted molar refractivity (Wildman–Crippen MR) is 46.7 cm³/mol. The van der Waals surface area contributed by atoms with Crippen LogP contribution in [0.1, 0.15) is 13.8 Å². The van der Waals surface area contributed by atoms with Crippen molar-refractivity contribution in [3.63, 3.8) is 0 Å². The third-order valence-corrected chi connectivity index (χ3v) is 1.14. The molecule has 0 saturated heterocycles. The number of thiol groups is 1. The van der Waals surface area contributed by atoms with Crippen LogP contribution in [0, 0.1) is 0 Å². The fourth-order valence-corrected chi connectivity index (χ4v) is 0.398. The lowest BCUT2D eigenvalue weighted by molar-refractivity contribution is 1.48. The lowest BCUT2D eigenvalue weighted by Crippen LogP contribution is -1.64. The monoisotopic (exact) mass is 140 g/mol. The summed E-state index contributed by atoms with van der Waals surface area (Å²) < 4.78 is 0. The average Bonchev–Trinajstić information content (AvgIpc) is 1.83. The molecule has 0 amide bonds. The van der Waals surface area contributed by atoms with Crippen LogP contribution in [-0.2, 0) is 0 Å². The number of allylic oxidation sites excluding steroid dienone is 4. The van der Waals surface area contributed by atoms with Crippen molar-refractivity contribution in [3.05, 3.63) is 35.3 Å². The highest BCUT2D eigenvalue weighted by molar-refractivity contribution is 7.84. The molecule has 0 fully saturated rings. The largest absolute Gasteiger partial charge is 0.144 e. The zero-order valence-corrected chi connectivity index (χ0v) is 6.78. The predicted octanol–water partition coefficient (Wildman–Crippen LogP) is 2.95. The van der Waals surface area contributed by atoms with Crippen molar-refractivity contribution in [1.29, 1.82) is 0 Å². The minimum Gasteiger partial charge on any atom is -0.144 e. The van der Waals surface area contributed by atoms with Crippen molar-refractivity contribution in [2.24, 2.45) is 0 Å². The van der Waals surface area contributed by atoms with Crippen molar-refractivity contribution in [2.45, 2.75) is 13.8 Å². The van der Waals surface area contributed by atoms with Crippen LogP contribution in [0.5, 0.6) is 0 Å². The van der Waals surface area contributed by atoms with Gasteiger partial charge in [-0.05, 0) is 24.8 Å². The van der Waals surface area contributed by atoms with Gasteiger partial charge in [0.05, 0.1) is 0 Å². The smallest absolute Gasteiger partial charge is 0.00319 e. The normalized spacial score (nSPS) is 12.6. The Balaban J connectivity index is 3.86. The summed E-state index contributed by atoms with van der Waals surface area (Å²) in [5.41, 5.74) is 1.23. The van der Waals surface area contributed by atoms with Crippen LogP contribution in [0.25, 0.3) is 0 Å². The van der Waals surface area contributed by atoms with E-state index in [2.05, 4.69) is 19.2 Å². The molecular weight excluding hydrogens is 128 g/mol. The molecule has 0 saturated carbocycles. The molecule has 0 atom stereocenters. The van der Waals surface area contributed by atoms with Crippen LogP contribution in [0.2, 0.25) is 0 Å². The van der Waals surface area contributed by atoms with Gasteiger partial charge < -0.3 is 0 Å². The van der Waals surface area contributed by atoms with Crippen molar-refractivity contribution < 1.29 is 0 Å². The summed E-state index contributed by atoms with van der Waals surface area (Å²) in [6, 6.07) is 0. The Morgan fingerprint density at radius 3 is 2.33 bits per heavy atom. The van der Waals surface area contributed by atoms with Gasteiger partial charge >= 0.3 is 0 Å². The second kappa shape index (κ2) is 4.45. The molecule has 0 N–H and O–H groups in total. The average molecular weight is 140 g/mol. The lowest BCUT2D eigenvalue weighted by Gasteiger charge is -1.86. The van der Waals surface area contributed by atoms with E-state index in [1.165, 1.54) is 5.57 Å². The van der Waals surface area contributed by atoms with Crippen LogP contribution in [-0.4, -0.2) is 0 Å². The van der Waals surface area contributed by atoms with Crippen molar-refractivity contribution in [2.75, 3.05) is 0 Å². The van der Waals surface area contributed by atoms with E-state index in [0.29, 0.717) is 0 Å². The molecule has 0 rings (SSSR count). The first-order valence-corrected chi connectivity index (χ1v) is 3.30. The van der Waals surface area contributed by atoms with Gasteiger partial charge in [0.25, 0.3) is 0 Å². The SMILES string of the molecule is C=C(S)/C=C\C(C)=C/C. The molecule has 0 aromatic heterocycles. The maximum atomic E-state index is 4.00. The quantitative estimate of drug-likeness (QED) is 0.442. The van der Waals surface area contributed by atoms with E-state index in [1.807, 2.05) is 32.1 Å². The molecule has 0 heterocycles. The topological polar surface area (TPSA) is 0 Å². The van der Waals surface area contributed by atoms with E-state index in [9.17, 15) is 0 Å². The minimum atomic E-state index is 0.788. The third-order valence-electron chi connectivity index (χ3n) is 0.994. The van der Waals surface area contributed by atoms with E-state index >= 15 is 0 Å². The molecule has 0 spiro atoms. The number of rotatable bonds is 2. The van der Waals surface area contributed by atoms with E-state index in [0.717, 1.165) is 4.91 Å². The summed E-state index contributed by atoms with van der Waals surface area (Å²) >= 11 is 4.00. The zero-order chi connectivity index (χ0) is 7.28. The first-order chi connectivity index (χ1) is 4.16. The second-order valence-corrected chi connectivity index (χ2v) is 2.43. The van der Waals surface area contributed by atoms with Crippen molar-refractivity contribution in [3.8, 4) is 0 Å². The zero-order valence-electron chi connectivity index (χ0n) is 5.89. The third kappa shape index (κ3) is 5.44. The first kappa shape index (κ1) is 8.57. The van der Waals surface area contributed by atoms with Crippen LogP contribution >= 0.6 is 12.6 Å². The molecule has 1 heteroatoms. The molecule has 0 aromatic rings. The summed E-state index contributed by atoms with van der Waals surface area (Å²) in [7, 11) is 0. The van der Waals surface area contributed by atoms with Gasteiger partial charge in [0.15, 0.2) is 0 Å². The summed E-state index contributed by atoms with van der Waals surface area (Å²) in [6.07, 6.45) is 5.89. The molecule has 9 heavy (non-hydrogen) atoms. The Kier molecular flexibility index (Phi) is 4.24. The number of hydrogen-bond donors (Lipinski definition) is 1. The molecule has 0 aliphatic heterocycles. The minimum absolute atomic E-state index is 0.788. The molecule has 0 nitrogen and oxygen atoms in total. The van der Waals surface area contributed by atoms with Gasteiger partial charge in [0.1, 0.15) is 0 Å². The highest BCUT2D eigenvalue weighted by Crippen LogP contribution is 2.01. The summed E-state index contributed by atoms with van der Waals surface area (Å²) in [6.45, 7) is 7.65. The fourth-order valence-electron chi connectivity index (χ4n) is 0.324. The van der Waals surface area contributed by atoms with Crippen LogP contribution in [0.15, 0.2) is 35.3 Å². The standard InChI is InChI=1S/C8H12S/c1-4-7(2)5-6-8(3)9/h4-6,9H,3H2,1-2H3/b6-5-,7-4-. The lowest BCUT2D eigenvalue weighted by atomic mass is 10.3. The summed E-state index contributed by atoms with van der Waals surface area (Å²) in [4.78, 5) is 0.788. The Hall–Kier alpha value is -0.430. The van der Waals surface area contributed by atoms with Crippen LogP contribution in [0.3, 0.4) is 0 Å². The van der Waals surface area contributed by atoms with Crippen molar-refractivity contribution >= 4 is 12.6 Å². The van der Waals surface area contributed by atoms with Gasteiger partial charge in [0.2, 0.25) is 0 Å². The molecular formula is C8H12S. The van der Waals surface area contributed by atoms with Gasteiger partial charge in [-0.25, -0.2) is 0 Å². The molecule has 0 radical (unpaired) electrons. The molecule has 0 bridgehead atoms. The van der Waals surface area contributed by atoms with Gasteiger partial charge in [-0.2, -0.15) is 0 Å². The molecule has 50 valence electrons. The van der Waals surface area contributed by atoms with E-state index in [-0.39, 0.29) is 0 Å². The van der Waals surface area contributed by atoms with Gasteiger partial charge in [0, 0.05) is 0 Å². The Labute approximate surface area is 62.4 Å². The summed E-state index contributed by atoms with van der Waals surface area (Å²) in [5, 5.41) is 0. The highest BCUT2D eigenvalue weighted by Gasteiger charge is 1.76. The Morgan fingerprint density at radius 2 is 2.00 bits per heavy atom. The Morgan fingerprint density at radius 1 is 1.44 bits per heavy atom. The molecule has 0 aromatic carbocycles. The van der Waals surface area contributed by atoms with Gasteiger partial charge in [-0.15, -0.1) is 12.6 Å². The maximum Gasteiger partial charge on any atom is -0.00319 e.